The molecule has 1 amide bonds. The average Bonchev–Trinajstić information content (AvgIpc) is 3.08. The Morgan fingerprint density at radius 2 is 1.66 bits per heavy atom. The van der Waals surface area contributed by atoms with Crippen molar-refractivity contribution in [3.05, 3.63) is 53.2 Å². The molecule has 1 aromatic carbocycles. The number of carbonyl (C=O) groups excluding carboxylic acids is 1. The number of anilines is 2. The fourth-order valence-corrected chi connectivity index (χ4v) is 5.07. The first-order chi connectivity index (χ1) is 15.5. The van der Waals surface area contributed by atoms with Gasteiger partial charge in [0.25, 0.3) is 0 Å². The van der Waals surface area contributed by atoms with E-state index in [1.165, 1.54) is 16.8 Å². The van der Waals surface area contributed by atoms with Gasteiger partial charge >= 0.3 is 0 Å². The van der Waals surface area contributed by atoms with Crippen LogP contribution in [0.5, 0.6) is 0 Å². The molecule has 6 heteroatoms. The van der Waals surface area contributed by atoms with Gasteiger partial charge in [-0.25, -0.2) is 4.98 Å². The van der Waals surface area contributed by atoms with Crippen molar-refractivity contribution in [1.29, 1.82) is 0 Å². The number of hydrogen-bond acceptors (Lipinski definition) is 5. The minimum absolute atomic E-state index is 0.130. The Kier molecular flexibility index (Phi) is 6.82. The van der Waals surface area contributed by atoms with E-state index in [9.17, 15) is 4.79 Å². The zero-order valence-corrected chi connectivity index (χ0v) is 20.0. The highest BCUT2D eigenvalue weighted by Gasteiger charge is 2.49. The molecule has 2 saturated heterocycles. The number of hydrogen-bond donors (Lipinski definition) is 1. The normalized spacial score (nSPS) is 20.5. The van der Waals surface area contributed by atoms with Crippen LogP contribution < -0.4 is 10.2 Å². The summed E-state index contributed by atoms with van der Waals surface area (Å²) in [5, 5.41) is 3.07. The number of piperazine rings is 1. The molecular weight excluding hydrogens is 398 g/mol. The molecule has 6 nitrogen and oxygen atoms in total. The van der Waals surface area contributed by atoms with Gasteiger partial charge in [-0.3, -0.25) is 9.69 Å². The summed E-state index contributed by atoms with van der Waals surface area (Å²) in [7, 11) is 2.18. The monoisotopic (exact) mass is 435 g/mol. The summed E-state index contributed by atoms with van der Waals surface area (Å²) >= 11 is 0. The fourth-order valence-electron chi connectivity index (χ4n) is 5.07. The van der Waals surface area contributed by atoms with Crippen LogP contribution in [-0.2, 0) is 16.8 Å². The molecule has 5 rings (SSSR count). The van der Waals surface area contributed by atoms with Gasteiger partial charge in [0.1, 0.15) is 5.82 Å². The number of pyridine rings is 1. The lowest BCUT2D eigenvalue weighted by Gasteiger charge is -2.39. The van der Waals surface area contributed by atoms with Gasteiger partial charge in [0, 0.05) is 63.3 Å². The van der Waals surface area contributed by atoms with Crippen LogP contribution in [0.4, 0.5) is 11.5 Å². The number of carbonyl (C=O) groups is 1. The van der Waals surface area contributed by atoms with Gasteiger partial charge in [-0.2, -0.15) is 0 Å². The van der Waals surface area contributed by atoms with E-state index >= 15 is 0 Å². The number of piperidine rings is 1. The highest BCUT2D eigenvalue weighted by molar-refractivity contribution is 6.05. The number of rotatable bonds is 3. The van der Waals surface area contributed by atoms with Crippen LogP contribution >= 0.6 is 0 Å². The maximum Gasteiger partial charge on any atom is 0.236 e. The quantitative estimate of drug-likeness (QED) is 0.798. The predicted octanol–water partition coefficient (Wildman–Crippen LogP) is 3.65. The van der Waals surface area contributed by atoms with Gasteiger partial charge in [-0.1, -0.05) is 31.5 Å². The molecule has 32 heavy (non-hydrogen) atoms. The molecule has 0 atom stereocenters. The molecule has 3 aliphatic heterocycles. The van der Waals surface area contributed by atoms with Crippen molar-refractivity contribution in [2.24, 2.45) is 0 Å². The van der Waals surface area contributed by atoms with E-state index in [0.29, 0.717) is 0 Å². The third-order valence-corrected chi connectivity index (χ3v) is 7.14. The standard InChI is InChI=1S/C24H31N5O.C2H6/c1-18-3-5-20(6-4-18)29-9-7-24(8-10-29)21-15-19(16-25-22(21)26-23(24)30)17-28-13-11-27(2)12-14-28;1-2/h3-6,15-16H,7-14,17H2,1-2H3,(H,25,26,30);1-2H3. The second kappa shape index (κ2) is 9.59. The highest BCUT2D eigenvalue weighted by atomic mass is 16.2. The summed E-state index contributed by atoms with van der Waals surface area (Å²) in [4.78, 5) is 25.0. The number of benzene rings is 1. The summed E-state index contributed by atoms with van der Waals surface area (Å²) in [6.45, 7) is 13.2. The van der Waals surface area contributed by atoms with Gasteiger partial charge in [0.2, 0.25) is 5.91 Å². The molecule has 2 fully saturated rings. The number of aromatic nitrogens is 1. The molecule has 0 bridgehead atoms. The van der Waals surface area contributed by atoms with Gasteiger partial charge in [0.15, 0.2) is 0 Å². The van der Waals surface area contributed by atoms with Crippen molar-refractivity contribution in [3.63, 3.8) is 0 Å². The van der Waals surface area contributed by atoms with E-state index in [-0.39, 0.29) is 5.91 Å². The maximum absolute atomic E-state index is 13.0. The molecular formula is C26H37N5O. The first-order valence-electron chi connectivity index (χ1n) is 12.1. The van der Waals surface area contributed by atoms with Gasteiger partial charge in [0.05, 0.1) is 5.41 Å². The number of likely N-dealkylation sites (N-methyl/N-ethyl adjacent to an activating group) is 1. The van der Waals surface area contributed by atoms with E-state index in [1.54, 1.807) is 0 Å². The first kappa shape index (κ1) is 22.7. The lowest BCUT2D eigenvalue weighted by Crippen LogP contribution is -2.46. The Bertz CT molecular complexity index is 926. The van der Waals surface area contributed by atoms with Crippen LogP contribution in [0, 0.1) is 6.92 Å². The fraction of sp³-hybridized carbons (Fsp3) is 0.538. The molecule has 2 aromatic rings. The van der Waals surface area contributed by atoms with Gasteiger partial charge < -0.3 is 15.1 Å². The number of amides is 1. The molecule has 0 unspecified atom stereocenters. The molecule has 1 spiro atoms. The Morgan fingerprint density at radius 1 is 1.00 bits per heavy atom. The maximum atomic E-state index is 13.0. The zero-order chi connectivity index (χ0) is 22.7. The molecule has 0 saturated carbocycles. The summed E-state index contributed by atoms with van der Waals surface area (Å²) in [5.41, 5.74) is 4.42. The lowest BCUT2D eigenvalue weighted by molar-refractivity contribution is -0.121. The van der Waals surface area contributed by atoms with E-state index in [0.717, 1.165) is 70.0 Å². The van der Waals surface area contributed by atoms with E-state index < -0.39 is 5.41 Å². The third kappa shape index (κ3) is 4.39. The number of nitrogens with one attached hydrogen (secondary N) is 1. The number of fused-ring (bicyclic) bond motifs is 2. The van der Waals surface area contributed by atoms with Crippen LogP contribution in [0.3, 0.4) is 0 Å². The summed E-state index contributed by atoms with van der Waals surface area (Å²) in [6, 6.07) is 10.9. The Morgan fingerprint density at radius 3 is 2.31 bits per heavy atom. The second-order valence-corrected chi connectivity index (χ2v) is 9.18. The largest absolute Gasteiger partial charge is 0.371 e. The van der Waals surface area contributed by atoms with Crippen molar-refractivity contribution in [1.82, 2.24) is 14.8 Å². The van der Waals surface area contributed by atoms with E-state index in [4.69, 9.17) is 0 Å². The van der Waals surface area contributed by atoms with Crippen molar-refractivity contribution in [2.45, 2.75) is 45.6 Å². The van der Waals surface area contributed by atoms with Crippen LogP contribution in [0.15, 0.2) is 36.5 Å². The van der Waals surface area contributed by atoms with Gasteiger partial charge in [-0.05, 0) is 50.6 Å². The van der Waals surface area contributed by atoms with Crippen molar-refractivity contribution < 1.29 is 4.79 Å². The predicted molar refractivity (Wildman–Crippen MR) is 131 cm³/mol. The summed E-state index contributed by atoms with van der Waals surface area (Å²) < 4.78 is 0. The summed E-state index contributed by atoms with van der Waals surface area (Å²) in [5.74, 6) is 0.899. The van der Waals surface area contributed by atoms with Crippen molar-refractivity contribution >= 4 is 17.4 Å². The van der Waals surface area contributed by atoms with Crippen LogP contribution in [0.25, 0.3) is 0 Å². The SMILES string of the molecule is CC.Cc1ccc(N2CCC3(CC2)C(=O)Nc2ncc(CN4CCN(C)CC4)cc23)cc1. The molecule has 1 N–H and O–H groups in total. The molecule has 4 heterocycles. The summed E-state index contributed by atoms with van der Waals surface area (Å²) in [6.07, 6.45) is 3.61. The molecule has 0 aliphatic carbocycles. The van der Waals surface area contributed by atoms with Crippen molar-refractivity contribution in [3.8, 4) is 0 Å². The van der Waals surface area contributed by atoms with Gasteiger partial charge in [-0.15, -0.1) is 0 Å². The third-order valence-electron chi connectivity index (χ3n) is 7.14. The smallest absolute Gasteiger partial charge is 0.236 e. The van der Waals surface area contributed by atoms with Crippen LogP contribution in [0.2, 0.25) is 0 Å². The second-order valence-electron chi connectivity index (χ2n) is 9.18. The average molecular weight is 436 g/mol. The minimum Gasteiger partial charge on any atom is -0.371 e. The lowest BCUT2D eigenvalue weighted by atomic mass is 9.73. The Hall–Kier alpha value is -2.44. The van der Waals surface area contributed by atoms with Crippen LogP contribution in [0.1, 0.15) is 43.4 Å². The highest BCUT2D eigenvalue weighted by Crippen LogP contribution is 2.45. The Labute approximate surface area is 192 Å². The molecule has 0 radical (unpaired) electrons. The van der Waals surface area contributed by atoms with Crippen molar-refractivity contribution in [2.75, 3.05) is 56.5 Å². The minimum atomic E-state index is -0.429. The Balaban J connectivity index is 0.00000119. The number of nitrogens with zero attached hydrogens (tertiary/aromatic N) is 4. The topological polar surface area (TPSA) is 51.7 Å². The molecule has 172 valence electrons. The first-order valence-corrected chi connectivity index (χ1v) is 12.1. The van der Waals surface area contributed by atoms with E-state index in [2.05, 4.69) is 69.3 Å². The molecule has 1 aromatic heterocycles. The van der Waals surface area contributed by atoms with E-state index in [1.807, 2.05) is 20.0 Å². The van der Waals surface area contributed by atoms with Crippen LogP contribution in [-0.4, -0.2) is 67.0 Å². The molecule has 3 aliphatic rings. The zero-order valence-electron chi connectivity index (χ0n) is 20.0. The number of aryl methyl sites for hydroxylation is 1.